The van der Waals surface area contributed by atoms with Gasteiger partial charge in [-0.05, 0) is 90.9 Å². The van der Waals surface area contributed by atoms with Crippen LogP contribution >= 0.6 is 15.9 Å². The summed E-state index contributed by atoms with van der Waals surface area (Å²) in [6, 6.07) is 34.5. The molecule has 1 N–H and O–H groups in total. The van der Waals surface area contributed by atoms with Crippen LogP contribution in [0.25, 0.3) is 11.1 Å². The topological polar surface area (TPSA) is 52.7 Å². The first-order valence-electron chi connectivity index (χ1n) is 15.3. The molecule has 5 rings (SSSR count). The van der Waals surface area contributed by atoms with E-state index in [1.165, 1.54) is 18.4 Å². The van der Waals surface area contributed by atoms with E-state index in [1.54, 1.807) is 0 Å². The molecule has 43 heavy (non-hydrogen) atoms. The molecule has 5 nitrogen and oxygen atoms in total. The maximum atomic E-state index is 13.6. The van der Waals surface area contributed by atoms with Crippen LogP contribution in [0.5, 0.6) is 0 Å². The van der Waals surface area contributed by atoms with Crippen LogP contribution in [-0.2, 0) is 24.2 Å². The lowest BCUT2D eigenvalue weighted by Gasteiger charge is -2.24. The highest BCUT2D eigenvalue weighted by Gasteiger charge is 2.17. The summed E-state index contributed by atoms with van der Waals surface area (Å²) >= 11 is 3.60. The monoisotopic (exact) mass is 637 g/mol. The van der Waals surface area contributed by atoms with Gasteiger partial charge in [0.25, 0.3) is 5.91 Å². The fourth-order valence-electron chi connectivity index (χ4n) is 5.67. The van der Waals surface area contributed by atoms with E-state index < -0.39 is 0 Å². The van der Waals surface area contributed by atoms with Crippen LogP contribution in [0.1, 0.15) is 46.3 Å². The zero-order chi connectivity index (χ0) is 29.9. The first-order valence-corrected chi connectivity index (χ1v) is 16.1. The third-order valence-electron chi connectivity index (χ3n) is 8.06. The summed E-state index contributed by atoms with van der Waals surface area (Å²) in [4.78, 5) is 30.9. The predicted octanol–water partition coefficient (Wildman–Crippen LogP) is 7.15. The zero-order valence-corrected chi connectivity index (χ0v) is 26.3. The number of nitrogens with zero attached hydrogens (tertiary/aromatic N) is 2. The molecule has 0 radical (unpaired) electrons. The minimum absolute atomic E-state index is 0.0422. The van der Waals surface area contributed by atoms with E-state index >= 15 is 0 Å². The number of hydrogen-bond acceptors (Lipinski definition) is 3. The van der Waals surface area contributed by atoms with Gasteiger partial charge in [0.2, 0.25) is 5.91 Å². The van der Waals surface area contributed by atoms with E-state index in [2.05, 4.69) is 68.6 Å². The number of amides is 2. The molecule has 4 aromatic rings. The van der Waals surface area contributed by atoms with Crippen LogP contribution in [0.4, 0.5) is 0 Å². The lowest BCUT2D eigenvalue weighted by atomic mass is 10.0. The molecule has 1 aliphatic rings. The van der Waals surface area contributed by atoms with Gasteiger partial charge in [0, 0.05) is 36.2 Å². The van der Waals surface area contributed by atoms with Crippen molar-refractivity contribution in [1.82, 2.24) is 15.1 Å². The van der Waals surface area contributed by atoms with Gasteiger partial charge in [-0.3, -0.25) is 9.59 Å². The number of carbonyl (C=O) groups excluding carboxylic acids is 2. The highest BCUT2D eigenvalue weighted by Crippen LogP contribution is 2.24. The van der Waals surface area contributed by atoms with Gasteiger partial charge in [0.1, 0.15) is 0 Å². The molecule has 0 saturated carbocycles. The van der Waals surface area contributed by atoms with E-state index in [0.29, 0.717) is 31.6 Å². The molecule has 222 valence electrons. The summed E-state index contributed by atoms with van der Waals surface area (Å²) < 4.78 is 0.953. The molecule has 4 aromatic carbocycles. The van der Waals surface area contributed by atoms with Crippen molar-refractivity contribution in [2.45, 2.75) is 38.6 Å². The number of nitrogens with one attached hydrogen (secondary N) is 1. The van der Waals surface area contributed by atoms with Gasteiger partial charge in [-0.15, -0.1) is 0 Å². The molecule has 0 aliphatic carbocycles. The summed E-state index contributed by atoms with van der Waals surface area (Å²) in [7, 11) is 0. The zero-order valence-electron chi connectivity index (χ0n) is 24.7. The molecule has 0 atom stereocenters. The Balaban J connectivity index is 1.27. The molecule has 1 fully saturated rings. The number of benzene rings is 4. The van der Waals surface area contributed by atoms with Gasteiger partial charge in [-0.25, -0.2) is 0 Å². The van der Waals surface area contributed by atoms with Gasteiger partial charge in [0.05, 0.1) is 6.42 Å². The van der Waals surface area contributed by atoms with Gasteiger partial charge in [0.15, 0.2) is 0 Å². The lowest BCUT2D eigenvalue weighted by Crippen LogP contribution is -2.33. The van der Waals surface area contributed by atoms with E-state index in [0.717, 1.165) is 59.2 Å². The van der Waals surface area contributed by atoms with Gasteiger partial charge < -0.3 is 15.1 Å². The van der Waals surface area contributed by atoms with E-state index in [1.807, 2.05) is 65.6 Å². The molecule has 1 heterocycles. The Hall–Kier alpha value is -3.74. The SMILES string of the molecule is O=C(NCCN1CCCC1)c1cccc(-c2cccc(CN(CCCc3ccccc3)C(=O)Cc3ccccc3Br)c2)c1. The normalized spacial score (nSPS) is 13.1. The summed E-state index contributed by atoms with van der Waals surface area (Å²) in [6.45, 7) is 5.02. The Morgan fingerprint density at radius 3 is 2.28 bits per heavy atom. The predicted molar refractivity (Wildman–Crippen MR) is 178 cm³/mol. The molecule has 0 spiro atoms. The Labute approximate surface area is 264 Å². The molecule has 6 heteroatoms. The van der Waals surface area contributed by atoms with Crippen molar-refractivity contribution in [2.75, 3.05) is 32.7 Å². The maximum absolute atomic E-state index is 13.6. The second kappa shape index (κ2) is 15.6. The van der Waals surface area contributed by atoms with Crippen LogP contribution in [0.2, 0.25) is 0 Å². The number of hydrogen-bond donors (Lipinski definition) is 1. The molecule has 1 saturated heterocycles. The van der Waals surface area contributed by atoms with Crippen molar-refractivity contribution in [3.8, 4) is 11.1 Å². The highest BCUT2D eigenvalue weighted by atomic mass is 79.9. The molecule has 0 unspecified atom stereocenters. The first-order chi connectivity index (χ1) is 21.0. The molecular weight excluding hydrogens is 598 g/mol. The van der Waals surface area contributed by atoms with E-state index in [-0.39, 0.29) is 11.8 Å². The minimum atomic E-state index is -0.0422. The smallest absolute Gasteiger partial charge is 0.251 e. The van der Waals surface area contributed by atoms with E-state index in [4.69, 9.17) is 0 Å². The molecule has 2 amide bonds. The number of likely N-dealkylation sites (tertiary alicyclic amines) is 1. The minimum Gasteiger partial charge on any atom is -0.351 e. The molecule has 1 aliphatic heterocycles. The summed E-state index contributed by atoms with van der Waals surface area (Å²) in [5, 5.41) is 3.08. The first kappa shape index (κ1) is 30.7. The largest absolute Gasteiger partial charge is 0.351 e. The lowest BCUT2D eigenvalue weighted by molar-refractivity contribution is -0.131. The standard InChI is InChI=1S/C37H40BrN3O2/c38-35-19-5-4-15-33(35)27-36(42)41(23-10-14-29-11-2-1-3-12-29)28-30-13-8-16-31(25-30)32-17-9-18-34(26-32)37(43)39-20-24-40-21-6-7-22-40/h1-5,8-9,11-13,15-19,25-26H,6-7,10,14,20-24,27-28H2,(H,39,43). The van der Waals surface area contributed by atoms with Crippen molar-refractivity contribution >= 4 is 27.7 Å². The Morgan fingerprint density at radius 1 is 0.791 bits per heavy atom. The summed E-state index contributed by atoms with van der Waals surface area (Å²) in [5.74, 6) is 0.0671. The maximum Gasteiger partial charge on any atom is 0.251 e. The van der Waals surface area contributed by atoms with Gasteiger partial charge >= 0.3 is 0 Å². The van der Waals surface area contributed by atoms with Crippen LogP contribution in [0.3, 0.4) is 0 Å². The van der Waals surface area contributed by atoms with Crippen molar-refractivity contribution < 1.29 is 9.59 Å². The number of aryl methyl sites for hydroxylation is 1. The third kappa shape index (κ3) is 9.12. The number of rotatable bonds is 13. The van der Waals surface area contributed by atoms with E-state index in [9.17, 15) is 9.59 Å². The highest BCUT2D eigenvalue weighted by molar-refractivity contribution is 9.10. The van der Waals surface area contributed by atoms with Crippen LogP contribution in [0.15, 0.2) is 108 Å². The average molecular weight is 639 g/mol. The second-order valence-corrected chi connectivity index (χ2v) is 12.1. The molecule has 0 bridgehead atoms. The summed E-state index contributed by atoms with van der Waals surface area (Å²) in [5.41, 5.74) is 6.03. The Bertz CT molecular complexity index is 1500. The van der Waals surface area contributed by atoms with Crippen molar-refractivity contribution in [3.63, 3.8) is 0 Å². The van der Waals surface area contributed by atoms with Crippen molar-refractivity contribution in [3.05, 3.63) is 130 Å². The Kier molecular flexibility index (Phi) is 11.2. The van der Waals surface area contributed by atoms with Crippen LogP contribution in [0, 0.1) is 0 Å². The fraction of sp³-hybridized carbons (Fsp3) is 0.297. The van der Waals surface area contributed by atoms with Gasteiger partial charge in [-0.1, -0.05) is 94.8 Å². The van der Waals surface area contributed by atoms with Crippen LogP contribution in [-0.4, -0.2) is 54.3 Å². The van der Waals surface area contributed by atoms with Crippen molar-refractivity contribution in [2.24, 2.45) is 0 Å². The van der Waals surface area contributed by atoms with Gasteiger partial charge in [-0.2, -0.15) is 0 Å². The molecular formula is C37H40BrN3O2. The number of carbonyl (C=O) groups is 2. The summed E-state index contributed by atoms with van der Waals surface area (Å²) in [6.07, 6.45) is 4.66. The average Bonchev–Trinajstić information content (AvgIpc) is 3.56. The Morgan fingerprint density at radius 2 is 1.49 bits per heavy atom. The quantitative estimate of drug-likeness (QED) is 0.169. The van der Waals surface area contributed by atoms with Crippen molar-refractivity contribution in [1.29, 1.82) is 0 Å². The molecule has 0 aromatic heterocycles. The van der Waals surface area contributed by atoms with Crippen LogP contribution < -0.4 is 5.32 Å². The third-order valence-corrected chi connectivity index (χ3v) is 8.83. The fourth-order valence-corrected chi connectivity index (χ4v) is 6.10. The second-order valence-electron chi connectivity index (χ2n) is 11.3. The number of halogens is 1.